The van der Waals surface area contributed by atoms with Gasteiger partial charge in [-0.05, 0) is 6.07 Å². The Hall–Kier alpha value is -1.41. The summed E-state index contributed by atoms with van der Waals surface area (Å²) in [5.41, 5.74) is -0.121. The summed E-state index contributed by atoms with van der Waals surface area (Å²) in [6.07, 6.45) is -2.73. The van der Waals surface area contributed by atoms with Crippen molar-refractivity contribution in [2.75, 3.05) is 7.11 Å². The van der Waals surface area contributed by atoms with Crippen molar-refractivity contribution in [1.29, 1.82) is 5.26 Å². The molecule has 6 heteroatoms. The molecule has 0 atom stereocenters. The fourth-order valence-electron chi connectivity index (χ4n) is 1.07. The van der Waals surface area contributed by atoms with Crippen LogP contribution in [0.15, 0.2) is 6.07 Å². The Balaban J connectivity index is 3.36. The molecule has 1 aromatic heterocycles. The number of alkyl halides is 3. The number of halogens is 3. The molecule has 3 nitrogen and oxygen atoms in total. The lowest BCUT2D eigenvalue weighted by Gasteiger charge is -2.09. The standard InChI is InChI=1S/C9H7ClF2N2O/c1-15-9-6(8(11)12)2-5(4-13)7(3-10)14-9/h2,8H,3H2,1H3. The van der Waals surface area contributed by atoms with Crippen LogP contribution >= 0.6 is 11.6 Å². The molecular formula is C9H7ClF2N2O. The fourth-order valence-corrected chi connectivity index (χ4v) is 1.27. The molecule has 1 aromatic rings. The Labute approximate surface area is 90.3 Å². The lowest BCUT2D eigenvalue weighted by atomic mass is 10.1. The van der Waals surface area contributed by atoms with Crippen molar-refractivity contribution in [1.82, 2.24) is 4.98 Å². The van der Waals surface area contributed by atoms with E-state index in [4.69, 9.17) is 16.9 Å². The fraction of sp³-hybridized carbons (Fsp3) is 0.333. The highest BCUT2D eigenvalue weighted by atomic mass is 35.5. The number of methoxy groups -OCH3 is 1. The van der Waals surface area contributed by atoms with Crippen molar-refractivity contribution in [3.63, 3.8) is 0 Å². The Morgan fingerprint density at radius 2 is 2.33 bits per heavy atom. The maximum absolute atomic E-state index is 12.5. The van der Waals surface area contributed by atoms with E-state index in [1.54, 1.807) is 6.07 Å². The van der Waals surface area contributed by atoms with E-state index in [9.17, 15) is 8.78 Å². The Bertz CT molecular complexity index is 404. The maximum Gasteiger partial charge on any atom is 0.269 e. The van der Waals surface area contributed by atoms with E-state index in [0.717, 1.165) is 6.07 Å². The smallest absolute Gasteiger partial charge is 0.269 e. The third kappa shape index (κ3) is 2.34. The van der Waals surface area contributed by atoms with Crippen LogP contribution in [0.1, 0.15) is 23.2 Å². The van der Waals surface area contributed by atoms with Crippen LogP contribution in [0, 0.1) is 11.3 Å². The topological polar surface area (TPSA) is 45.9 Å². The number of aromatic nitrogens is 1. The number of nitriles is 1. The summed E-state index contributed by atoms with van der Waals surface area (Å²) in [7, 11) is 1.23. The summed E-state index contributed by atoms with van der Waals surface area (Å²) in [6, 6.07) is 2.81. The summed E-state index contributed by atoms with van der Waals surface area (Å²) in [6.45, 7) is 0. The average Bonchev–Trinajstić information content (AvgIpc) is 2.26. The van der Waals surface area contributed by atoms with Gasteiger partial charge in [-0.25, -0.2) is 13.8 Å². The van der Waals surface area contributed by atoms with E-state index >= 15 is 0 Å². The first-order valence-electron chi connectivity index (χ1n) is 3.96. The van der Waals surface area contributed by atoms with Crippen molar-refractivity contribution >= 4 is 11.6 Å². The zero-order valence-electron chi connectivity index (χ0n) is 7.80. The molecule has 0 fully saturated rings. The summed E-state index contributed by atoms with van der Waals surface area (Å²) in [4.78, 5) is 3.75. The lowest BCUT2D eigenvalue weighted by Crippen LogP contribution is -2.01. The van der Waals surface area contributed by atoms with Crippen molar-refractivity contribution < 1.29 is 13.5 Å². The van der Waals surface area contributed by atoms with E-state index in [1.807, 2.05) is 0 Å². The number of hydrogen-bond acceptors (Lipinski definition) is 3. The van der Waals surface area contributed by atoms with Crippen molar-refractivity contribution in [3.8, 4) is 11.9 Å². The van der Waals surface area contributed by atoms with E-state index in [-0.39, 0.29) is 23.0 Å². The molecule has 80 valence electrons. The molecule has 0 radical (unpaired) electrons. The quantitative estimate of drug-likeness (QED) is 0.753. The molecule has 0 saturated heterocycles. The first-order valence-corrected chi connectivity index (χ1v) is 4.49. The number of nitrogens with zero attached hydrogens (tertiary/aromatic N) is 2. The number of ether oxygens (including phenoxy) is 1. The normalized spacial score (nSPS) is 10.1. The second kappa shape index (κ2) is 4.89. The van der Waals surface area contributed by atoms with Crippen LogP contribution in [0.2, 0.25) is 0 Å². The van der Waals surface area contributed by atoms with E-state index < -0.39 is 12.0 Å². The van der Waals surface area contributed by atoms with E-state index in [2.05, 4.69) is 9.72 Å². The third-order valence-corrected chi connectivity index (χ3v) is 2.02. The highest BCUT2D eigenvalue weighted by Gasteiger charge is 2.18. The molecule has 0 saturated carbocycles. The largest absolute Gasteiger partial charge is 0.481 e. The average molecular weight is 233 g/mol. The van der Waals surface area contributed by atoms with Crippen molar-refractivity contribution in [2.45, 2.75) is 12.3 Å². The van der Waals surface area contributed by atoms with E-state index in [0.29, 0.717) is 0 Å². The van der Waals surface area contributed by atoms with Gasteiger partial charge in [0, 0.05) is 0 Å². The Morgan fingerprint density at radius 3 is 2.73 bits per heavy atom. The van der Waals surface area contributed by atoms with Crippen LogP contribution in [0.5, 0.6) is 5.88 Å². The van der Waals surface area contributed by atoms with Crippen LogP contribution in [0.4, 0.5) is 8.78 Å². The third-order valence-electron chi connectivity index (χ3n) is 1.77. The number of rotatable bonds is 3. The van der Waals surface area contributed by atoms with Gasteiger partial charge in [-0.15, -0.1) is 11.6 Å². The van der Waals surface area contributed by atoms with Gasteiger partial charge >= 0.3 is 0 Å². The summed E-state index contributed by atoms with van der Waals surface area (Å²) in [5, 5.41) is 8.69. The second-order valence-corrected chi connectivity index (χ2v) is 2.89. The Morgan fingerprint density at radius 1 is 1.67 bits per heavy atom. The van der Waals surface area contributed by atoms with Gasteiger partial charge in [0.15, 0.2) is 0 Å². The molecular weight excluding hydrogens is 226 g/mol. The van der Waals surface area contributed by atoms with Crippen LogP contribution in [-0.4, -0.2) is 12.1 Å². The second-order valence-electron chi connectivity index (χ2n) is 2.63. The maximum atomic E-state index is 12.5. The van der Waals surface area contributed by atoms with Crippen LogP contribution in [0.3, 0.4) is 0 Å². The summed E-state index contributed by atoms with van der Waals surface area (Å²) >= 11 is 5.52. The van der Waals surface area contributed by atoms with Gasteiger partial charge in [0.2, 0.25) is 5.88 Å². The van der Waals surface area contributed by atoms with Gasteiger partial charge < -0.3 is 4.74 Å². The first-order chi connectivity index (χ1) is 7.13. The number of hydrogen-bond donors (Lipinski definition) is 0. The molecule has 0 unspecified atom stereocenters. The van der Waals surface area contributed by atoms with Gasteiger partial charge in [-0.2, -0.15) is 5.26 Å². The van der Waals surface area contributed by atoms with Gasteiger partial charge in [-0.1, -0.05) is 0 Å². The minimum atomic E-state index is -2.73. The summed E-state index contributed by atoms with van der Waals surface area (Å²) in [5.74, 6) is -0.220. The monoisotopic (exact) mass is 232 g/mol. The van der Waals surface area contributed by atoms with Crippen LogP contribution in [0.25, 0.3) is 0 Å². The molecule has 0 spiro atoms. The molecule has 0 bridgehead atoms. The zero-order valence-corrected chi connectivity index (χ0v) is 8.55. The van der Waals surface area contributed by atoms with Gasteiger partial charge in [0.1, 0.15) is 6.07 Å². The molecule has 0 aliphatic carbocycles. The molecule has 15 heavy (non-hydrogen) atoms. The van der Waals surface area contributed by atoms with Gasteiger partial charge in [0.25, 0.3) is 6.43 Å². The molecule has 0 aliphatic rings. The molecule has 0 aliphatic heterocycles. The minimum Gasteiger partial charge on any atom is -0.481 e. The van der Waals surface area contributed by atoms with Crippen LogP contribution in [-0.2, 0) is 5.88 Å². The molecule has 1 heterocycles. The highest BCUT2D eigenvalue weighted by molar-refractivity contribution is 6.17. The first kappa shape index (κ1) is 11.7. The highest BCUT2D eigenvalue weighted by Crippen LogP contribution is 2.29. The molecule has 1 rings (SSSR count). The predicted octanol–water partition coefficient (Wildman–Crippen LogP) is 2.64. The van der Waals surface area contributed by atoms with Crippen molar-refractivity contribution in [2.24, 2.45) is 0 Å². The van der Waals surface area contributed by atoms with Gasteiger partial charge in [-0.3, -0.25) is 0 Å². The lowest BCUT2D eigenvalue weighted by molar-refractivity contribution is 0.146. The molecule has 0 amide bonds. The molecule has 0 aromatic carbocycles. The SMILES string of the molecule is COc1nc(CCl)c(C#N)cc1C(F)F. The van der Waals surface area contributed by atoms with E-state index in [1.165, 1.54) is 7.11 Å². The summed E-state index contributed by atoms with van der Waals surface area (Å²) < 4.78 is 29.7. The predicted molar refractivity (Wildman–Crippen MR) is 50.0 cm³/mol. The Kier molecular flexibility index (Phi) is 3.81. The van der Waals surface area contributed by atoms with Crippen LogP contribution < -0.4 is 4.74 Å². The van der Waals surface area contributed by atoms with Crippen molar-refractivity contribution in [3.05, 3.63) is 22.9 Å². The zero-order chi connectivity index (χ0) is 11.4. The minimum absolute atomic E-state index is 0.0250. The van der Waals surface area contributed by atoms with Gasteiger partial charge in [0.05, 0.1) is 29.8 Å². The number of pyridine rings is 1. The molecule has 0 N–H and O–H groups in total.